The number of aryl methyl sites for hydroxylation is 1. The number of aromatic nitrogens is 3. The average molecular weight is 467 g/mol. The highest BCUT2D eigenvalue weighted by molar-refractivity contribution is 5.74. The van der Waals surface area contributed by atoms with Crippen molar-refractivity contribution in [2.24, 2.45) is 5.73 Å². The molecule has 0 bridgehead atoms. The monoisotopic (exact) mass is 466 g/mol. The molecule has 0 radical (unpaired) electrons. The number of benzene rings is 2. The summed E-state index contributed by atoms with van der Waals surface area (Å²) in [6, 6.07) is 19.4. The lowest BCUT2D eigenvalue weighted by Crippen LogP contribution is -2.32. The van der Waals surface area contributed by atoms with E-state index in [2.05, 4.69) is 64.2 Å². The molecule has 0 aliphatic heterocycles. The molecule has 2 aromatic carbocycles. The highest BCUT2D eigenvalue weighted by atomic mass is 15.2. The van der Waals surface area contributed by atoms with Crippen molar-refractivity contribution in [1.29, 1.82) is 0 Å². The third-order valence-corrected chi connectivity index (χ3v) is 6.88. The molecule has 0 amide bonds. The summed E-state index contributed by atoms with van der Waals surface area (Å²) >= 11 is 0. The Kier molecular flexibility index (Phi) is 7.33. The van der Waals surface area contributed by atoms with Crippen LogP contribution >= 0.6 is 0 Å². The van der Waals surface area contributed by atoms with Gasteiger partial charge in [-0.3, -0.25) is 9.88 Å². The van der Waals surface area contributed by atoms with Gasteiger partial charge in [-0.25, -0.2) is 4.98 Å². The van der Waals surface area contributed by atoms with Gasteiger partial charge in [0.05, 0.1) is 29.3 Å². The van der Waals surface area contributed by atoms with Crippen LogP contribution in [-0.4, -0.2) is 26.4 Å². The Morgan fingerprint density at radius 3 is 2.89 bits per heavy atom. The van der Waals surface area contributed by atoms with Gasteiger partial charge in [-0.05, 0) is 59.7 Å². The molecule has 1 aliphatic carbocycles. The molecule has 1 unspecified atom stereocenters. The largest absolute Gasteiger partial charge is 0.341 e. The summed E-state index contributed by atoms with van der Waals surface area (Å²) in [6.45, 7) is 7.48. The lowest BCUT2D eigenvalue weighted by atomic mass is 9.90. The normalized spacial score (nSPS) is 15.4. The second-order valence-corrected chi connectivity index (χ2v) is 9.29. The first-order chi connectivity index (χ1) is 17.2. The first kappa shape index (κ1) is 23.4. The van der Waals surface area contributed by atoms with Crippen molar-refractivity contribution in [2.75, 3.05) is 6.54 Å². The number of fused-ring (bicyclic) bond motifs is 2. The highest BCUT2D eigenvalue weighted by Crippen LogP contribution is 2.35. The number of nitrogens with zero attached hydrogens (tertiary/aromatic N) is 3. The molecule has 1 aliphatic rings. The van der Waals surface area contributed by atoms with Crippen LogP contribution in [0.25, 0.3) is 11.0 Å². The Balaban J connectivity index is 1.50. The molecule has 2 aromatic heterocycles. The van der Waals surface area contributed by atoms with Crippen LogP contribution in [-0.2, 0) is 32.6 Å². The molecule has 0 spiro atoms. The van der Waals surface area contributed by atoms with Crippen molar-refractivity contribution in [3.05, 3.63) is 107 Å². The Labute approximate surface area is 207 Å². The molecule has 6 heteroatoms. The van der Waals surface area contributed by atoms with E-state index in [0.29, 0.717) is 6.54 Å². The van der Waals surface area contributed by atoms with E-state index in [1.165, 1.54) is 28.8 Å². The number of hydrogen-bond donors (Lipinski definition) is 3. The number of pyridine rings is 1. The first-order valence-corrected chi connectivity index (χ1v) is 12.5. The number of aromatic amines is 1. The summed E-state index contributed by atoms with van der Waals surface area (Å²) in [6.07, 6.45) is 7.18. The van der Waals surface area contributed by atoms with Gasteiger partial charge in [0.1, 0.15) is 5.82 Å². The fraction of sp³-hybridized carbons (Fsp3) is 0.310. The zero-order valence-corrected chi connectivity index (χ0v) is 20.2. The number of para-hydroxylation sites is 2. The average Bonchev–Trinajstić information content (AvgIpc) is 3.31. The van der Waals surface area contributed by atoms with Crippen molar-refractivity contribution in [1.82, 2.24) is 25.2 Å². The lowest BCUT2D eigenvalue weighted by Gasteiger charge is -2.35. The maximum absolute atomic E-state index is 5.97. The van der Waals surface area contributed by atoms with Crippen molar-refractivity contribution >= 4 is 11.0 Å². The summed E-state index contributed by atoms with van der Waals surface area (Å²) < 4.78 is 0. The van der Waals surface area contributed by atoms with Crippen LogP contribution in [0.4, 0.5) is 0 Å². The minimum atomic E-state index is 0.247. The number of hydrogen-bond acceptors (Lipinski definition) is 5. The molecule has 0 saturated heterocycles. The van der Waals surface area contributed by atoms with Crippen LogP contribution in [0.5, 0.6) is 0 Å². The van der Waals surface area contributed by atoms with E-state index in [1.54, 1.807) is 0 Å². The predicted molar refractivity (Wildman–Crippen MR) is 141 cm³/mol. The molecule has 4 N–H and O–H groups in total. The van der Waals surface area contributed by atoms with E-state index >= 15 is 0 Å². The van der Waals surface area contributed by atoms with Crippen molar-refractivity contribution < 1.29 is 0 Å². The standard InChI is InChI=1S/C29H34N6/c1-2-14-31-18-24-16-21(17-30)12-13-23(24)19-35(20-28-33-25-9-3-4-10-26(25)34-28)27-11-5-7-22-8-6-15-32-29(22)27/h2-4,6,8-10,12-13,15-16,27,31H,1,5,7,11,14,17-20,30H2,(H,33,34). The molecule has 1 atom stereocenters. The number of nitrogens with one attached hydrogen (secondary N) is 2. The molecular formula is C29H34N6. The molecule has 6 nitrogen and oxygen atoms in total. The molecule has 0 saturated carbocycles. The zero-order valence-electron chi connectivity index (χ0n) is 20.2. The van der Waals surface area contributed by atoms with E-state index in [-0.39, 0.29) is 6.04 Å². The second kappa shape index (κ2) is 11.0. The van der Waals surface area contributed by atoms with E-state index in [1.807, 2.05) is 24.4 Å². The Bertz CT molecular complexity index is 1260. The maximum atomic E-state index is 5.97. The van der Waals surface area contributed by atoms with Gasteiger partial charge in [0, 0.05) is 32.4 Å². The number of imidazole rings is 1. The summed E-state index contributed by atoms with van der Waals surface area (Å²) in [5.41, 5.74) is 14.4. The molecule has 35 heavy (non-hydrogen) atoms. The van der Waals surface area contributed by atoms with E-state index in [9.17, 15) is 0 Å². The lowest BCUT2D eigenvalue weighted by molar-refractivity contribution is 0.153. The van der Waals surface area contributed by atoms with Crippen LogP contribution in [0.3, 0.4) is 0 Å². The maximum Gasteiger partial charge on any atom is 0.121 e. The van der Waals surface area contributed by atoms with E-state index < -0.39 is 0 Å². The number of nitrogens with two attached hydrogens (primary N) is 1. The topological polar surface area (TPSA) is 82.9 Å². The smallest absolute Gasteiger partial charge is 0.121 e. The number of H-pyrrole nitrogens is 1. The van der Waals surface area contributed by atoms with Gasteiger partial charge < -0.3 is 16.0 Å². The Hall–Kier alpha value is -3.32. The molecule has 2 heterocycles. The van der Waals surface area contributed by atoms with Gasteiger partial charge >= 0.3 is 0 Å². The van der Waals surface area contributed by atoms with Gasteiger partial charge in [0.25, 0.3) is 0 Å². The van der Waals surface area contributed by atoms with Crippen LogP contribution in [0.1, 0.15) is 52.7 Å². The third kappa shape index (κ3) is 5.35. The van der Waals surface area contributed by atoms with Crippen molar-refractivity contribution in [3.63, 3.8) is 0 Å². The fourth-order valence-corrected chi connectivity index (χ4v) is 5.14. The van der Waals surface area contributed by atoms with Crippen LogP contribution in [0, 0.1) is 0 Å². The molecule has 5 rings (SSSR count). The SMILES string of the molecule is C=CCNCc1cc(CN)ccc1CN(Cc1nc2ccccc2[nH]1)C1CCCc2cccnc21. The van der Waals surface area contributed by atoms with Crippen molar-refractivity contribution in [3.8, 4) is 0 Å². The minimum Gasteiger partial charge on any atom is -0.341 e. The molecule has 4 aromatic rings. The third-order valence-electron chi connectivity index (χ3n) is 6.88. The van der Waals surface area contributed by atoms with Gasteiger partial charge in [-0.15, -0.1) is 6.58 Å². The second-order valence-electron chi connectivity index (χ2n) is 9.29. The van der Waals surface area contributed by atoms with Crippen LogP contribution in [0.2, 0.25) is 0 Å². The Morgan fingerprint density at radius 2 is 2.03 bits per heavy atom. The van der Waals surface area contributed by atoms with Crippen LogP contribution < -0.4 is 11.1 Å². The van der Waals surface area contributed by atoms with E-state index in [0.717, 1.165) is 61.4 Å². The molecule has 0 fully saturated rings. The minimum absolute atomic E-state index is 0.247. The van der Waals surface area contributed by atoms with Gasteiger partial charge in [0.15, 0.2) is 0 Å². The highest BCUT2D eigenvalue weighted by Gasteiger charge is 2.28. The number of rotatable bonds is 10. The quantitative estimate of drug-likeness (QED) is 0.232. The summed E-state index contributed by atoms with van der Waals surface area (Å²) in [7, 11) is 0. The van der Waals surface area contributed by atoms with Gasteiger partial charge in [-0.2, -0.15) is 0 Å². The Morgan fingerprint density at radius 1 is 1.11 bits per heavy atom. The molecular weight excluding hydrogens is 432 g/mol. The zero-order chi connectivity index (χ0) is 24.0. The molecule has 180 valence electrons. The predicted octanol–water partition coefficient (Wildman–Crippen LogP) is 4.77. The fourth-order valence-electron chi connectivity index (χ4n) is 5.14. The van der Waals surface area contributed by atoms with Gasteiger partial charge in [0.2, 0.25) is 0 Å². The summed E-state index contributed by atoms with van der Waals surface area (Å²) in [5, 5.41) is 3.47. The first-order valence-electron chi connectivity index (χ1n) is 12.5. The van der Waals surface area contributed by atoms with E-state index in [4.69, 9.17) is 15.7 Å². The summed E-state index contributed by atoms with van der Waals surface area (Å²) in [4.78, 5) is 15.8. The van der Waals surface area contributed by atoms with Crippen LogP contribution in [0.15, 0.2) is 73.4 Å². The van der Waals surface area contributed by atoms with Gasteiger partial charge in [-0.1, -0.05) is 42.5 Å². The summed E-state index contributed by atoms with van der Waals surface area (Å²) in [5.74, 6) is 0.985. The van der Waals surface area contributed by atoms with Crippen molar-refractivity contribution in [2.45, 2.75) is 51.5 Å².